The maximum absolute atomic E-state index is 12.4. The van der Waals surface area contributed by atoms with Crippen molar-refractivity contribution in [2.24, 2.45) is 0 Å². The molecule has 29 heavy (non-hydrogen) atoms. The fraction of sp³-hybridized carbons (Fsp3) is 0.227. The van der Waals surface area contributed by atoms with Gasteiger partial charge in [0.25, 0.3) is 5.56 Å². The van der Waals surface area contributed by atoms with Crippen LogP contribution in [0.1, 0.15) is 24.0 Å². The van der Waals surface area contributed by atoms with Gasteiger partial charge >= 0.3 is 0 Å². The molecule has 2 aromatic heterocycles. The van der Waals surface area contributed by atoms with E-state index in [1.165, 1.54) is 17.3 Å². The highest BCUT2D eigenvalue weighted by Gasteiger charge is 2.16. The molecular formula is C22H19N3O2S2. The molecule has 2 N–H and O–H groups in total. The number of benzene rings is 2. The molecule has 0 bridgehead atoms. The van der Waals surface area contributed by atoms with Gasteiger partial charge in [-0.2, -0.15) is 0 Å². The number of fused-ring (bicyclic) bond motifs is 4. The summed E-state index contributed by atoms with van der Waals surface area (Å²) in [4.78, 5) is 32.3. The maximum atomic E-state index is 12.4. The van der Waals surface area contributed by atoms with Crippen molar-refractivity contribution in [1.82, 2.24) is 9.97 Å². The molecule has 0 saturated heterocycles. The standard InChI is InChI=1S/C22H19N3O2S2/c26-20(12-28-22-25-17-7-3-4-8-19(17)29-22)23-13-9-10-15-14-5-1-2-6-16(14)21(27)24-18(15)11-13/h3-4,7-11H,1-2,5-6,12H2,(H,23,26)(H,24,27). The van der Waals surface area contributed by atoms with Crippen LogP contribution in [0.5, 0.6) is 0 Å². The average Bonchev–Trinajstić information content (AvgIpc) is 3.15. The summed E-state index contributed by atoms with van der Waals surface area (Å²) in [6.45, 7) is 0. The molecule has 2 heterocycles. The maximum Gasteiger partial charge on any atom is 0.251 e. The molecule has 4 aromatic rings. The molecule has 1 aliphatic carbocycles. The number of para-hydroxylation sites is 1. The third-order valence-corrected chi connectivity index (χ3v) is 7.40. The van der Waals surface area contributed by atoms with Gasteiger partial charge in [-0.3, -0.25) is 9.59 Å². The van der Waals surface area contributed by atoms with E-state index in [1.54, 1.807) is 11.3 Å². The number of carbonyl (C=O) groups is 1. The van der Waals surface area contributed by atoms with Crippen molar-refractivity contribution in [2.75, 3.05) is 11.1 Å². The summed E-state index contributed by atoms with van der Waals surface area (Å²) < 4.78 is 2.01. The second kappa shape index (κ2) is 7.65. The summed E-state index contributed by atoms with van der Waals surface area (Å²) >= 11 is 3.03. The number of pyridine rings is 1. The van der Waals surface area contributed by atoms with Crippen LogP contribution in [0.3, 0.4) is 0 Å². The number of nitrogens with zero attached hydrogens (tertiary/aromatic N) is 1. The van der Waals surface area contributed by atoms with Gasteiger partial charge in [0.15, 0.2) is 4.34 Å². The molecule has 146 valence electrons. The number of rotatable bonds is 4. The van der Waals surface area contributed by atoms with Crippen molar-refractivity contribution >= 4 is 55.8 Å². The van der Waals surface area contributed by atoms with Crippen LogP contribution < -0.4 is 10.9 Å². The molecule has 5 rings (SSSR count). The predicted octanol–water partition coefficient (Wildman–Crippen LogP) is 4.75. The van der Waals surface area contributed by atoms with E-state index in [-0.39, 0.29) is 11.5 Å². The first-order chi connectivity index (χ1) is 14.2. The first-order valence-corrected chi connectivity index (χ1v) is 11.4. The van der Waals surface area contributed by atoms with Crippen LogP contribution in [0, 0.1) is 0 Å². The largest absolute Gasteiger partial charge is 0.325 e. The molecule has 1 amide bonds. The molecule has 2 aromatic carbocycles. The molecule has 0 spiro atoms. The Morgan fingerprint density at radius 2 is 1.97 bits per heavy atom. The first kappa shape index (κ1) is 18.4. The van der Waals surface area contributed by atoms with Gasteiger partial charge in [0, 0.05) is 16.6 Å². The van der Waals surface area contributed by atoms with E-state index in [2.05, 4.69) is 15.3 Å². The van der Waals surface area contributed by atoms with Crippen molar-refractivity contribution in [3.05, 3.63) is 63.9 Å². The Morgan fingerprint density at radius 1 is 1.14 bits per heavy atom. The van der Waals surface area contributed by atoms with E-state index in [9.17, 15) is 9.59 Å². The summed E-state index contributed by atoms with van der Waals surface area (Å²) in [7, 11) is 0. The third-order valence-electron chi connectivity index (χ3n) is 5.22. The fourth-order valence-electron chi connectivity index (χ4n) is 3.88. The van der Waals surface area contributed by atoms with Crippen molar-refractivity contribution in [3.8, 4) is 0 Å². The number of aryl methyl sites for hydroxylation is 1. The molecule has 0 unspecified atom stereocenters. The smallest absolute Gasteiger partial charge is 0.251 e. The minimum absolute atomic E-state index is 0.00191. The van der Waals surface area contributed by atoms with Gasteiger partial charge in [-0.25, -0.2) is 4.98 Å². The van der Waals surface area contributed by atoms with Crippen LogP contribution in [0.2, 0.25) is 0 Å². The van der Waals surface area contributed by atoms with E-state index < -0.39 is 0 Å². The minimum atomic E-state index is -0.0890. The quantitative estimate of drug-likeness (QED) is 0.467. The molecule has 0 aliphatic heterocycles. The number of aromatic amines is 1. The van der Waals surface area contributed by atoms with Gasteiger partial charge in [-0.15, -0.1) is 11.3 Å². The predicted molar refractivity (Wildman–Crippen MR) is 120 cm³/mol. The van der Waals surface area contributed by atoms with Crippen LogP contribution in [-0.4, -0.2) is 21.6 Å². The normalized spacial score (nSPS) is 13.5. The lowest BCUT2D eigenvalue weighted by atomic mass is 9.90. The Kier molecular flexibility index (Phi) is 4.85. The van der Waals surface area contributed by atoms with Crippen molar-refractivity contribution in [2.45, 2.75) is 30.0 Å². The number of anilines is 1. The van der Waals surface area contributed by atoms with Crippen LogP contribution in [0.15, 0.2) is 51.6 Å². The van der Waals surface area contributed by atoms with E-state index >= 15 is 0 Å². The summed E-state index contributed by atoms with van der Waals surface area (Å²) in [6.07, 6.45) is 3.98. The van der Waals surface area contributed by atoms with Gasteiger partial charge in [-0.05, 0) is 55.5 Å². The Bertz CT molecular complexity index is 1260. The Labute approximate surface area is 175 Å². The Balaban J connectivity index is 1.31. The molecular weight excluding hydrogens is 402 g/mol. The second-order valence-corrected chi connectivity index (χ2v) is 9.42. The lowest BCUT2D eigenvalue weighted by molar-refractivity contribution is -0.113. The van der Waals surface area contributed by atoms with Crippen molar-refractivity contribution < 1.29 is 4.79 Å². The highest BCUT2D eigenvalue weighted by Crippen LogP contribution is 2.30. The fourth-order valence-corrected chi connectivity index (χ4v) is 5.75. The molecule has 0 atom stereocenters. The minimum Gasteiger partial charge on any atom is -0.325 e. The second-order valence-electron chi connectivity index (χ2n) is 7.16. The highest BCUT2D eigenvalue weighted by atomic mass is 32.2. The summed E-state index contributed by atoms with van der Waals surface area (Å²) in [6, 6.07) is 13.7. The van der Waals surface area contributed by atoms with Crippen LogP contribution >= 0.6 is 23.1 Å². The van der Waals surface area contributed by atoms with Crippen molar-refractivity contribution in [1.29, 1.82) is 0 Å². The van der Waals surface area contributed by atoms with Gasteiger partial charge in [0.2, 0.25) is 5.91 Å². The van der Waals surface area contributed by atoms with E-state index in [0.29, 0.717) is 11.4 Å². The molecule has 0 radical (unpaired) electrons. The number of amides is 1. The Hall–Kier alpha value is -2.64. The summed E-state index contributed by atoms with van der Waals surface area (Å²) in [5, 5.41) is 4.02. The lowest BCUT2D eigenvalue weighted by Gasteiger charge is -2.17. The topological polar surface area (TPSA) is 74.8 Å². The zero-order chi connectivity index (χ0) is 19.8. The highest BCUT2D eigenvalue weighted by molar-refractivity contribution is 8.01. The van der Waals surface area contributed by atoms with Gasteiger partial charge < -0.3 is 10.3 Å². The molecule has 1 aliphatic rings. The van der Waals surface area contributed by atoms with Gasteiger partial charge in [-0.1, -0.05) is 30.0 Å². The number of hydrogen-bond acceptors (Lipinski definition) is 5. The number of aromatic nitrogens is 2. The van der Waals surface area contributed by atoms with Crippen LogP contribution in [-0.2, 0) is 17.6 Å². The first-order valence-electron chi connectivity index (χ1n) is 9.63. The van der Waals surface area contributed by atoms with Gasteiger partial charge in [0.05, 0.1) is 21.5 Å². The molecule has 7 heteroatoms. The monoisotopic (exact) mass is 421 g/mol. The summed E-state index contributed by atoms with van der Waals surface area (Å²) in [5.41, 5.74) is 4.53. The SMILES string of the molecule is O=C(CSc1nc2ccccc2s1)Nc1ccc2c3c(c(=O)[nH]c2c1)CCCC3. The zero-order valence-electron chi connectivity index (χ0n) is 15.7. The molecule has 0 saturated carbocycles. The van der Waals surface area contributed by atoms with E-state index in [1.807, 2.05) is 42.5 Å². The van der Waals surface area contributed by atoms with Crippen LogP contribution in [0.25, 0.3) is 21.1 Å². The van der Waals surface area contributed by atoms with Crippen molar-refractivity contribution in [3.63, 3.8) is 0 Å². The number of carbonyl (C=O) groups excluding carboxylic acids is 1. The Morgan fingerprint density at radius 3 is 2.83 bits per heavy atom. The number of H-pyrrole nitrogens is 1. The number of thiazole rings is 1. The number of nitrogens with one attached hydrogen (secondary N) is 2. The average molecular weight is 422 g/mol. The van der Waals surface area contributed by atoms with Crippen LogP contribution in [0.4, 0.5) is 5.69 Å². The van der Waals surface area contributed by atoms with E-state index in [4.69, 9.17) is 0 Å². The molecule has 0 fully saturated rings. The lowest BCUT2D eigenvalue weighted by Crippen LogP contribution is -2.19. The van der Waals surface area contributed by atoms with E-state index in [0.717, 1.165) is 56.7 Å². The third kappa shape index (κ3) is 3.68. The summed E-state index contributed by atoms with van der Waals surface area (Å²) in [5.74, 6) is 0.201. The van der Waals surface area contributed by atoms with Gasteiger partial charge in [0.1, 0.15) is 0 Å². The number of hydrogen-bond donors (Lipinski definition) is 2. The number of thioether (sulfide) groups is 1. The zero-order valence-corrected chi connectivity index (χ0v) is 17.3. The molecule has 5 nitrogen and oxygen atoms in total.